The Morgan fingerprint density at radius 1 is 0.562 bits per heavy atom. The van der Waals surface area contributed by atoms with Crippen LogP contribution in [0.15, 0.2) is 0 Å². The third-order valence-electron chi connectivity index (χ3n) is 5.62. The quantitative estimate of drug-likeness (QED) is 0.598. The summed E-state index contributed by atoms with van der Waals surface area (Å²) >= 11 is 0. The molecule has 2 aliphatic rings. The van der Waals surface area contributed by atoms with Crippen molar-refractivity contribution in [3.8, 4) is 0 Å². The largest absolute Gasteiger partial charge is 0.0620 e. The van der Waals surface area contributed by atoms with Gasteiger partial charge in [-0.2, -0.15) is 0 Å². The standard InChI is InChI=1S/C16H30/c1-13(15-9-5-3-6-10-15)14(2)16-11-7-4-8-12-16/h13-16H,3-12H2,1-2H3. The van der Waals surface area contributed by atoms with Gasteiger partial charge in [-0.3, -0.25) is 0 Å². The minimum atomic E-state index is 0.989. The van der Waals surface area contributed by atoms with Gasteiger partial charge in [-0.1, -0.05) is 78.1 Å². The van der Waals surface area contributed by atoms with Gasteiger partial charge in [0.25, 0.3) is 0 Å². The summed E-state index contributed by atoms with van der Waals surface area (Å²) in [6, 6.07) is 0. The summed E-state index contributed by atoms with van der Waals surface area (Å²) in [7, 11) is 0. The van der Waals surface area contributed by atoms with Gasteiger partial charge < -0.3 is 0 Å². The maximum Gasteiger partial charge on any atom is -0.0386 e. The molecule has 0 aromatic rings. The van der Waals surface area contributed by atoms with E-state index in [-0.39, 0.29) is 0 Å². The Balaban J connectivity index is 1.84. The Morgan fingerprint density at radius 3 is 1.19 bits per heavy atom. The zero-order valence-electron chi connectivity index (χ0n) is 11.4. The monoisotopic (exact) mass is 222 g/mol. The molecule has 0 heteroatoms. The van der Waals surface area contributed by atoms with Crippen LogP contribution in [0.25, 0.3) is 0 Å². The molecule has 2 atom stereocenters. The van der Waals surface area contributed by atoms with E-state index in [4.69, 9.17) is 0 Å². The maximum absolute atomic E-state index is 2.55. The van der Waals surface area contributed by atoms with Gasteiger partial charge in [0.1, 0.15) is 0 Å². The Labute approximate surface area is 102 Å². The van der Waals surface area contributed by atoms with Gasteiger partial charge in [0.2, 0.25) is 0 Å². The molecule has 16 heavy (non-hydrogen) atoms. The molecule has 0 amide bonds. The van der Waals surface area contributed by atoms with E-state index in [0.717, 1.165) is 23.7 Å². The van der Waals surface area contributed by atoms with Gasteiger partial charge in [-0.25, -0.2) is 0 Å². The topological polar surface area (TPSA) is 0 Å². The van der Waals surface area contributed by atoms with Gasteiger partial charge in [-0.15, -0.1) is 0 Å². The highest BCUT2D eigenvalue weighted by molar-refractivity contribution is 4.80. The lowest BCUT2D eigenvalue weighted by Crippen LogP contribution is -2.27. The normalized spacial score (nSPS) is 28.9. The fourth-order valence-corrected chi connectivity index (χ4v) is 4.18. The predicted octanol–water partition coefficient (Wildman–Crippen LogP) is 5.42. The van der Waals surface area contributed by atoms with E-state index in [1.54, 1.807) is 0 Å². The van der Waals surface area contributed by atoms with Crippen molar-refractivity contribution in [3.63, 3.8) is 0 Å². The second-order valence-electron chi connectivity index (χ2n) is 6.51. The summed E-state index contributed by atoms with van der Waals surface area (Å²) in [6.45, 7) is 5.10. The van der Waals surface area contributed by atoms with Gasteiger partial charge >= 0.3 is 0 Å². The summed E-state index contributed by atoms with van der Waals surface area (Å²) < 4.78 is 0. The molecule has 2 saturated carbocycles. The molecule has 0 N–H and O–H groups in total. The second kappa shape index (κ2) is 6.07. The fourth-order valence-electron chi connectivity index (χ4n) is 4.18. The zero-order chi connectivity index (χ0) is 11.4. The Bertz CT molecular complexity index is 162. The SMILES string of the molecule is CC(C1CCCCC1)C(C)C1CCCCC1. The predicted molar refractivity (Wildman–Crippen MR) is 71.5 cm³/mol. The van der Waals surface area contributed by atoms with Crippen molar-refractivity contribution in [2.75, 3.05) is 0 Å². The Hall–Kier alpha value is 0. The molecule has 0 spiro atoms. The van der Waals surface area contributed by atoms with Crippen molar-refractivity contribution in [2.24, 2.45) is 23.7 Å². The van der Waals surface area contributed by atoms with Crippen LogP contribution < -0.4 is 0 Å². The first-order chi connectivity index (χ1) is 7.79. The van der Waals surface area contributed by atoms with Crippen molar-refractivity contribution in [2.45, 2.75) is 78.1 Å². The molecule has 2 unspecified atom stereocenters. The summed E-state index contributed by atoms with van der Waals surface area (Å²) in [4.78, 5) is 0. The molecule has 0 nitrogen and oxygen atoms in total. The van der Waals surface area contributed by atoms with E-state index in [2.05, 4.69) is 13.8 Å². The minimum absolute atomic E-state index is 0.989. The molecule has 0 heterocycles. The lowest BCUT2D eigenvalue weighted by Gasteiger charge is -2.37. The van der Waals surface area contributed by atoms with Gasteiger partial charge in [0, 0.05) is 0 Å². The van der Waals surface area contributed by atoms with Crippen LogP contribution in [0, 0.1) is 23.7 Å². The molecule has 0 bridgehead atoms. The molecular formula is C16H30. The lowest BCUT2D eigenvalue weighted by atomic mass is 9.68. The molecule has 0 aromatic carbocycles. The minimum Gasteiger partial charge on any atom is -0.0620 e. The van der Waals surface area contributed by atoms with E-state index >= 15 is 0 Å². The summed E-state index contributed by atoms with van der Waals surface area (Å²) in [6.07, 6.45) is 15.1. The molecule has 0 aromatic heterocycles. The number of hydrogen-bond acceptors (Lipinski definition) is 0. The van der Waals surface area contributed by atoms with Crippen LogP contribution in [0.4, 0.5) is 0 Å². The van der Waals surface area contributed by atoms with Crippen molar-refractivity contribution >= 4 is 0 Å². The first-order valence-electron chi connectivity index (χ1n) is 7.79. The van der Waals surface area contributed by atoms with E-state index in [1.165, 1.54) is 64.2 Å². The summed E-state index contributed by atoms with van der Waals surface area (Å²) in [5.74, 6) is 4.10. The molecule has 0 aliphatic heterocycles. The summed E-state index contributed by atoms with van der Waals surface area (Å²) in [5.41, 5.74) is 0. The van der Waals surface area contributed by atoms with Gasteiger partial charge in [-0.05, 0) is 23.7 Å². The smallest absolute Gasteiger partial charge is 0.0386 e. The molecule has 2 fully saturated rings. The average molecular weight is 222 g/mol. The van der Waals surface area contributed by atoms with E-state index in [1.807, 2.05) is 0 Å². The summed E-state index contributed by atoms with van der Waals surface area (Å²) in [5, 5.41) is 0. The van der Waals surface area contributed by atoms with Crippen LogP contribution in [-0.2, 0) is 0 Å². The third-order valence-corrected chi connectivity index (χ3v) is 5.62. The Morgan fingerprint density at radius 2 is 0.875 bits per heavy atom. The van der Waals surface area contributed by atoms with Crippen LogP contribution in [0.1, 0.15) is 78.1 Å². The highest BCUT2D eigenvalue weighted by atomic mass is 14.3. The van der Waals surface area contributed by atoms with Crippen molar-refractivity contribution in [1.29, 1.82) is 0 Å². The average Bonchev–Trinajstić information content (AvgIpc) is 2.39. The van der Waals surface area contributed by atoms with Gasteiger partial charge in [0.05, 0.1) is 0 Å². The van der Waals surface area contributed by atoms with Crippen LogP contribution in [0.2, 0.25) is 0 Å². The zero-order valence-corrected chi connectivity index (χ0v) is 11.4. The highest BCUT2D eigenvalue weighted by Crippen LogP contribution is 2.40. The second-order valence-corrected chi connectivity index (χ2v) is 6.51. The van der Waals surface area contributed by atoms with E-state index in [0.29, 0.717) is 0 Å². The van der Waals surface area contributed by atoms with Crippen LogP contribution in [0.5, 0.6) is 0 Å². The van der Waals surface area contributed by atoms with Crippen molar-refractivity contribution in [1.82, 2.24) is 0 Å². The van der Waals surface area contributed by atoms with Crippen LogP contribution >= 0.6 is 0 Å². The first kappa shape index (κ1) is 12.5. The fraction of sp³-hybridized carbons (Fsp3) is 1.00. The van der Waals surface area contributed by atoms with Crippen LogP contribution in [-0.4, -0.2) is 0 Å². The number of rotatable bonds is 3. The lowest BCUT2D eigenvalue weighted by molar-refractivity contribution is 0.133. The van der Waals surface area contributed by atoms with Crippen LogP contribution in [0.3, 0.4) is 0 Å². The molecular weight excluding hydrogens is 192 g/mol. The van der Waals surface area contributed by atoms with Crippen molar-refractivity contribution < 1.29 is 0 Å². The van der Waals surface area contributed by atoms with E-state index in [9.17, 15) is 0 Å². The molecule has 0 radical (unpaired) electrons. The van der Waals surface area contributed by atoms with Gasteiger partial charge in [0.15, 0.2) is 0 Å². The van der Waals surface area contributed by atoms with Crippen molar-refractivity contribution in [3.05, 3.63) is 0 Å². The molecule has 2 rings (SSSR count). The highest BCUT2D eigenvalue weighted by Gasteiger charge is 2.29. The first-order valence-corrected chi connectivity index (χ1v) is 7.79. The third kappa shape index (κ3) is 3.02. The molecule has 0 saturated heterocycles. The molecule has 2 aliphatic carbocycles. The number of hydrogen-bond donors (Lipinski definition) is 0. The van der Waals surface area contributed by atoms with E-state index < -0.39 is 0 Å². The maximum atomic E-state index is 2.55. The Kier molecular flexibility index (Phi) is 4.73. The molecule has 94 valence electrons.